The number of halogens is 1. The van der Waals surface area contributed by atoms with Crippen molar-refractivity contribution in [2.75, 3.05) is 11.9 Å². The maximum absolute atomic E-state index is 13.1. The van der Waals surface area contributed by atoms with E-state index >= 15 is 0 Å². The molecule has 0 bridgehead atoms. The number of hydrogen-bond donors (Lipinski definition) is 1. The summed E-state index contributed by atoms with van der Waals surface area (Å²) in [5.74, 6) is -2.02. The molecule has 9 heteroatoms. The van der Waals surface area contributed by atoms with Crippen LogP contribution in [-0.2, 0) is 15.8 Å². The monoisotopic (exact) mass is 351 g/mol. The zero-order valence-corrected chi connectivity index (χ0v) is 13.3. The number of amides is 1. The minimum absolute atomic E-state index is 0.0385. The number of carbonyl (C=O) groups excluding carboxylic acids is 2. The molecular formula is C15H12FN2O5S-. The predicted octanol–water partition coefficient (Wildman–Crippen LogP) is 1.89. The van der Waals surface area contributed by atoms with Gasteiger partial charge in [0.2, 0.25) is 0 Å². The largest absolute Gasteiger partial charge is 0.768 e. The van der Waals surface area contributed by atoms with E-state index in [-0.39, 0.29) is 28.4 Å². The second-order valence-electron chi connectivity index (χ2n) is 4.48. The van der Waals surface area contributed by atoms with Gasteiger partial charge in [0, 0.05) is 6.20 Å². The van der Waals surface area contributed by atoms with Crippen LogP contribution in [0.4, 0.5) is 10.1 Å². The van der Waals surface area contributed by atoms with E-state index in [4.69, 9.17) is 4.74 Å². The second-order valence-corrected chi connectivity index (χ2v) is 5.39. The molecule has 1 heterocycles. The highest BCUT2D eigenvalue weighted by molar-refractivity contribution is 7.79. The van der Waals surface area contributed by atoms with E-state index in [1.54, 1.807) is 6.92 Å². The summed E-state index contributed by atoms with van der Waals surface area (Å²) >= 11 is -2.72. The van der Waals surface area contributed by atoms with Gasteiger partial charge in [0.05, 0.1) is 22.8 Å². The van der Waals surface area contributed by atoms with Crippen molar-refractivity contribution < 1.29 is 27.5 Å². The van der Waals surface area contributed by atoms with Gasteiger partial charge in [0.15, 0.2) is 0 Å². The number of benzene rings is 1. The van der Waals surface area contributed by atoms with Gasteiger partial charge in [-0.15, -0.1) is 0 Å². The first-order valence-electron chi connectivity index (χ1n) is 6.75. The average molecular weight is 351 g/mol. The third-order valence-corrected chi connectivity index (χ3v) is 3.58. The lowest BCUT2D eigenvalue weighted by molar-refractivity contribution is 0.0519. The summed E-state index contributed by atoms with van der Waals surface area (Å²) in [5, 5.41) is 2.35. The Balaban J connectivity index is 2.19. The molecule has 1 N–H and O–H groups in total. The predicted molar refractivity (Wildman–Crippen MR) is 81.7 cm³/mol. The highest BCUT2D eigenvalue weighted by atomic mass is 32.2. The van der Waals surface area contributed by atoms with Crippen LogP contribution in [0.25, 0.3) is 0 Å². The lowest BCUT2D eigenvalue weighted by Gasteiger charge is -2.13. The number of carbonyl (C=O) groups is 2. The zero-order valence-electron chi connectivity index (χ0n) is 12.4. The van der Waals surface area contributed by atoms with Crippen LogP contribution in [-0.4, -0.2) is 32.2 Å². The van der Waals surface area contributed by atoms with E-state index < -0.39 is 28.8 Å². The maximum Gasteiger partial charge on any atom is 0.356 e. The number of pyridine rings is 1. The van der Waals surface area contributed by atoms with Crippen LogP contribution < -0.4 is 5.32 Å². The molecule has 1 unspecified atom stereocenters. The molecule has 0 spiro atoms. The van der Waals surface area contributed by atoms with Gasteiger partial charge in [0.1, 0.15) is 11.5 Å². The molecule has 24 heavy (non-hydrogen) atoms. The maximum atomic E-state index is 13.1. The molecular weight excluding hydrogens is 339 g/mol. The molecule has 0 aliphatic heterocycles. The van der Waals surface area contributed by atoms with Crippen LogP contribution >= 0.6 is 0 Å². The highest BCUT2D eigenvalue weighted by Gasteiger charge is 2.13. The number of hydrogen-bond acceptors (Lipinski definition) is 6. The van der Waals surface area contributed by atoms with Crippen molar-refractivity contribution in [2.45, 2.75) is 11.8 Å². The SMILES string of the molecule is CCOC(=O)c1ccc(C(=O)Nc2ccc(F)cc2S(=O)[O-])cn1. The number of esters is 1. The third kappa shape index (κ3) is 4.21. The van der Waals surface area contributed by atoms with Crippen molar-refractivity contribution in [3.63, 3.8) is 0 Å². The van der Waals surface area contributed by atoms with E-state index in [2.05, 4.69) is 10.3 Å². The molecule has 1 atom stereocenters. The molecule has 126 valence electrons. The van der Waals surface area contributed by atoms with Crippen LogP contribution in [0.15, 0.2) is 41.4 Å². The Bertz CT molecular complexity index is 795. The highest BCUT2D eigenvalue weighted by Crippen LogP contribution is 2.20. The normalized spacial score (nSPS) is 11.6. The van der Waals surface area contributed by atoms with E-state index in [1.807, 2.05) is 0 Å². The van der Waals surface area contributed by atoms with Crippen LogP contribution in [0.3, 0.4) is 0 Å². The molecule has 0 fully saturated rings. The van der Waals surface area contributed by atoms with Gasteiger partial charge < -0.3 is 14.6 Å². The molecule has 7 nitrogen and oxygen atoms in total. The molecule has 0 saturated heterocycles. The summed E-state index contributed by atoms with van der Waals surface area (Å²) in [6.07, 6.45) is 1.15. The van der Waals surface area contributed by atoms with Gasteiger partial charge in [-0.1, -0.05) is 0 Å². The molecule has 0 saturated carbocycles. The molecule has 0 aliphatic carbocycles. The summed E-state index contributed by atoms with van der Waals surface area (Å²) in [7, 11) is 0. The molecule has 2 aromatic rings. The first-order valence-corrected chi connectivity index (χ1v) is 7.83. The van der Waals surface area contributed by atoms with E-state index in [1.165, 1.54) is 12.1 Å². The second kappa shape index (κ2) is 7.75. The molecule has 1 amide bonds. The Hall–Kier alpha value is -2.65. The summed E-state index contributed by atoms with van der Waals surface area (Å²) in [6, 6.07) is 5.60. The van der Waals surface area contributed by atoms with Crippen molar-refractivity contribution in [3.8, 4) is 0 Å². The lowest BCUT2D eigenvalue weighted by Crippen LogP contribution is -2.15. The molecule has 0 radical (unpaired) electrons. The van der Waals surface area contributed by atoms with Crippen molar-refractivity contribution in [1.82, 2.24) is 4.98 Å². The van der Waals surface area contributed by atoms with Gasteiger partial charge >= 0.3 is 5.97 Å². The number of ether oxygens (including phenoxy) is 1. The molecule has 1 aromatic carbocycles. The van der Waals surface area contributed by atoms with Gasteiger partial charge in [0.25, 0.3) is 5.91 Å². The molecule has 2 rings (SSSR count). The summed E-state index contributed by atoms with van der Waals surface area (Å²) < 4.78 is 40.1. The van der Waals surface area contributed by atoms with Crippen molar-refractivity contribution >= 4 is 28.6 Å². The van der Waals surface area contributed by atoms with Crippen molar-refractivity contribution in [3.05, 3.63) is 53.6 Å². The number of aromatic nitrogens is 1. The van der Waals surface area contributed by atoms with E-state index in [0.717, 1.165) is 24.4 Å². The van der Waals surface area contributed by atoms with Gasteiger partial charge in [-0.2, -0.15) is 0 Å². The third-order valence-electron chi connectivity index (χ3n) is 2.88. The Kier molecular flexibility index (Phi) is 5.72. The Morgan fingerprint density at radius 3 is 2.67 bits per heavy atom. The van der Waals surface area contributed by atoms with E-state index in [9.17, 15) is 22.7 Å². The van der Waals surface area contributed by atoms with Crippen LogP contribution in [0, 0.1) is 5.82 Å². The number of nitrogens with one attached hydrogen (secondary N) is 1. The first-order chi connectivity index (χ1) is 11.4. The Morgan fingerprint density at radius 1 is 1.33 bits per heavy atom. The smallest absolute Gasteiger partial charge is 0.356 e. The summed E-state index contributed by atoms with van der Waals surface area (Å²) in [6.45, 7) is 1.85. The lowest BCUT2D eigenvalue weighted by atomic mass is 10.2. The standard InChI is InChI=1S/C15H13FN2O5S/c1-2-23-15(20)12-5-3-9(8-17-12)14(19)18-11-6-4-10(16)7-13(11)24(21)22/h3-8H,2H2,1H3,(H,18,19)(H,21,22)/p-1. The van der Waals surface area contributed by atoms with Crippen LogP contribution in [0.1, 0.15) is 27.8 Å². The number of anilines is 1. The fraction of sp³-hybridized carbons (Fsp3) is 0.133. The van der Waals surface area contributed by atoms with Gasteiger partial charge in [-0.25, -0.2) is 14.2 Å². The van der Waals surface area contributed by atoms with E-state index in [0.29, 0.717) is 0 Å². The minimum atomic E-state index is -2.72. The van der Waals surface area contributed by atoms with Crippen LogP contribution in [0.5, 0.6) is 0 Å². The quantitative estimate of drug-likeness (QED) is 0.651. The van der Waals surface area contributed by atoms with Crippen molar-refractivity contribution in [2.24, 2.45) is 0 Å². The number of rotatable bonds is 5. The fourth-order valence-electron chi connectivity index (χ4n) is 1.79. The first kappa shape index (κ1) is 17.7. The van der Waals surface area contributed by atoms with Crippen LogP contribution in [0.2, 0.25) is 0 Å². The molecule has 1 aromatic heterocycles. The Labute approximate surface area is 139 Å². The fourth-order valence-corrected chi connectivity index (χ4v) is 2.29. The Morgan fingerprint density at radius 2 is 2.08 bits per heavy atom. The van der Waals surface area contributed by atoms with Gasteiger partial charge in [-0.3, -0.25) is 9.00 Å². The topological polar surface area (TPSA) is 108 Å². The molecule has 0 aliphatic rings. The summed E-state index contributed by atoms with van der Waals surface area (Å²) in [5.41, 5.74) is 0.0655. The minimum Gasteiger partial charge on any atom is -0.768 e. The average Bonchev–Trinajstić information content (AvgIpc) is 2.56. The zero-order chi connectivity index (χ0) is 17.7. The van der Waals surface area contributed by atoms with Crippen molar-refractivity contribution in [1.29, 1.82) is 0 Å². The van der Waals surface area contributed by atoms with Gasteiger partial charge in [-0.05, 0) is 48.3 Å². The summed E-state index contributed by atoms with van der Waals surface area (Å²) in [4.78, 5) is 27.0. The number of nitrogens with zero attached hydrogens (tertiary/aromatic N) is 1.